The topological polar surface area (TPSA) is 67.4 Å². The summed E-state index contributed by atoms with van der Waals surface area (Å²) in [5, 5.41) is 0.311. The third-order valence-corrected chi connectivity index (χ3v) is 3.47. The van der Waals surface area contributed by atoms with Gasteiger partial charge >= 0.3 is 0 Å². The number of carbonyl (C=O) groups excluding carboxylic acids is 2. The van der Waals surface area contributed by atoms with Crippen molar-refractivity contribution in [3.8, 4) is 5.75 Å². The van der Waals surface area contributed by atoms with Crippen molar-refractivity contribution in [3.05, 3.63) is 64.2 Å². The van der Waals surface area contributed by atoms with Gasteiger partial charge in [0, 0.05) is 0 Å². The highest BCUT2D eigenvalue weighted by atomic mass is 35.5. The Kier molecular flexibility index (Phi) is 5.60. The lowest BCUT2D eigenvalue weighted by Gasteiger charge is -2.11. The van der Waals surface area contributed by atoms with E-state index in [-0.39, 0.29) is 12.2 Å². The smallest absolute Gasteiger partial charge is 0.276 e. The largest absolute Gasteiger partial charge is 0.483 e. The molecule has 6 heteroatoms. The molecule has 0 aliphatic heterocycles. The molecule has 5 nitrogen and oxygen atoms in total. The van der Waals surface area contributed by atoms with Crippen LogP contribution < -0.4 is 15.6 Å². The number of hydrazine groups is 1. The fraction of sp³-hybridized carbons (Fsp3) is 0.176. The van der Waals surface area contributed by atoms with Gasteiger partial charge in [-0.3, -0.25) is 20.4 Å². The first kappa shape index (κ1) is 16.8. The van der Waals surface area contributed by atoms with Gasteiger partial charge in [-0.05, 0) is 43.2 Å². The molecule has 2 aromatic carbocycles. The second-order valence-electron chi connectivity index (χ2n) is 5.04. The average molecular weight is 333 g/mol. The van der Waals surface area contributed by atoms with Gasteiger partial charge in [0.1, 0.15) is 5.75 Å². The SMILES string of the molecule is Cc1ccc(C)c(OCC(=O)NNC(=O)c2ccccc2Cl)c1. The normalized spacial score (nSPS) is 10.0. The molecule has 0 fully saturated rings. The average Bonchev–Trinajstić information content (AvgIpc) is 2.54. The van der Waals surface area contributed by atoms with E-state index < -0.39 is 11.8 Å². The van der Waals surface area contributed by atoms with Crippen molar-refractivity contribution in [3.63, 3.8) is 0 Å². The number of rotatable bonds is 4. The van der Waals surface area contributed by atoms with Gasteiger partial charge in [-0.25, -0.2) is 0 Å². The number of carbonyl (C=O) groups is 2. The number of hydrogen-bond acceptors (Lipinski definition) is 3. The van der Waals surface area contributed by atoms with E-state index in [0.29, 0.717) is 10.8 Å². The number of benzene rings is 2. The van der Waals surface area contributed by atoms with Crippen LogP contribution in [0.3, 0.4) is 0 Å². The molecule has 23 heavy (non-hydrogen) atoms. The predicted molar refractivity (Wildman–Crippen MR) is 88.5 cm³/mol. The number of amides is 2. The maximum atomic E-state index is 11.9. The Morgan fingerprint density at radius 3 is 2.57 bits per heavy atom. The van der Waals surface area contributed by atoms with Crippen molar-refractivity contribution < 1.29 is 14.3 Å². The molecule has 120 valence electrons. The highest BCUT2D eigenvalue weighted by molar-refractivity contribution is 6.33. The third kappa shape index (κ3) is 4.72. The van der Waals surface area contributed by atoms with Crippen LogP contribution in [0.25, 0.3) is 0 Å². The Morgan fingerprint density at radius 2 is 1.83 bits per heavy atom. The van der Waals surface area contributed by atoms with Gasteiger partial charge in [0.25, 0.3) is 11.8 Å². The molecule has 0 aliphatic rings. The molecule has 2 N–H and O–H groups in total. The van der Waals surface area contributed by atoms with Gasteiger partial charge < -0.3 is 4.74 Å². The standard InChI is InChI=1S/C17H17ClN2O3/c1-11-7-8-12(2)15(9-11)23-10-16(21)19-20-17(22)13-5-3-4-6-14(13)18/h3-9H,10H2,1-2H3,(H,19,21)(H,20,22). The minimum Gasteiger partial charge on any atom is -0.483 e. The Balaban J connectivity index is 1.85. The third-order valence-electron chi connectivity index (χ3n) is 3.14. The van der Waals surface area contributed by atoms with E-state index in [9.17, 15) is 9.59 Å². The fourth-order valence-corrected chi connectivity index (χ4v) is 2.10. The maximum Gasteiger partial charge on any atom is 0.276 e. The Morgan fingerprint density at radius 1 is 1.09 bits per heavy atom. The summed E-state index contributed by atoms with van der Waals surface area (Å²) in [6.45, 7) is 3.63. The molecular formula is C17H17ClN2O3. The van der Waals surface area contributed by atoms with Gasteiger partial charge in [-0.15, -0.1) is 0 Å². The van der Waals surface area contributed by atoms with Crippen LogP contribution >= 0.6 is 11.6 Å². The summed E-state index contributed by atoms with van der Waals surface area (Å²) >= 11 is 5.91. The lowest BCUT2D eigenvalue weighted by molar-refractivity contribution is -0.123. The molecule has 0 heterocycles. The Labute approximate surface area is 139 Å². The minimum atomic E-state index is -0.490. The zero-order valence-electron chi connectivity index (χ0n) is 12.9. The molecule has 0 atom stereocenters. The van der Waals surface area contributed by atoms with Crippen LogP contribution in [0.1, 0.15) is 21.5 Å². The van der Waals surface area contributed by atoms with Crippen molar-refractivity contribution >= 4 is 23.4 Å². The Bertz CT molecular complexity index is 732. The van der Waals surface area contributed by atoms with Crippen LogP contribution in [0, 0.1) is 13.8 Å². The van der Waals surface area contributed by atoms with Crippen LogP contribution in [0.4, 0.5) is 0 Å². The molecule has 0 saturated heterocycles. The first-order valence-corrected chi connectivity index (χ1v) is 7.39. The quantitative estimate of drug-likeness (QED) is 0.846. The Hall–Kier alpha value is -2.53. The van der Waals surface area contributed by atoms with E-state index in [1.54, 1.807) is 24.3 Å². The molecular weight excluding hydrogens is 316 g/mol. The minimum absolute atomic E-state index is 0.201. The molecule has 0 spiro atoms. The van der Waals surface area contributed by atoms with Crippen molar-refractivity contribution in [2.75, 3.05) is 6.61 Å². The number of aryl methyl sites for hydroxylation is 2. The van der Waals surface area contributed by atoms with Gasteiger partial charge in [0.05, 0.1) is 10.6 Å². The summed E-state index contributed by atoms with van der Waals surface area (Å²) < 4.78 is 5.45. The lowest BCUT2D eigenvalue weighted by Crippen LogP contribution is -2.43. The van der Waals surface area contributed by atoms with E-state index in [4.69, 9.17) is 16.3 Å². The van der Waals surface area contributed by atoms with E-state index in [1.165, 1.54) is 0 Å². The second-order valence-corrected chi connectivity index (χ2v) is 5.45. The summed E-state index contributed by atoms with van der Waals surface area (Å²) in [7, 11) is 0. The van der Waals surface area contributed by atoms with Crippen LogP contribution in [-0.2, 0) is 4.79 Å². The van der Waals surface area contributed by atoms with Gasteiger partial charge in [-0.2, -0.15) is 0 Å². The van der Waals surface area contributed by atoms with Crippen molar-refractivity contribution in [2.45, 2.75) is 13.8 Å². The van der Waals surface area contributed by atoms with Gasteiger partial charge in [0.2, 0.25) is 0 Å². The molecule has 0 aromatic heterocycles. The molecule has 0 saturated carbocycles. The summed E-state index contributed by atoms with van der Waals surface area (Å²) in [5.41, 5.74) is 6.85. The first-order chi connectivity index (χ1) is 11.0. The van der Waals surface area contributed by atoms with E-state index in [0.717, 1.165) is 11.1 Å². The van der Waals surface area contributed by atoms with E-state index >= 15 is 0 Å². The maximum absolute atomic E-state index is 11.9. The second kappa shape index (κ2) is 7.65. The molecule has 0 aliphatic carbocycles. The van der Waals surface area contributed by atoms with Crippen LogP contribution in [0.15, 0.2) is 42.5 Å². The van der Waals surface area contributed by atoms with Gasteiger partial charge in [0.15, 0.2) is 6.61 Å². The fourth-order valence-electron chi connectivity index (χ4n) is 1.88. The molecule has 2 amide bonds. The van der Waals surface area contributed by atoms with E-state index in [2.05, 4.69) is 10.9 Å². The number of halogens is 1. The van der Waals surface area contributed by atoms with Crippen LogP contribution in [0.2, 0.25) is 5.02 Å². The van der Waals surface area contributed by atoms with Crippen molar-refractivity contribution in [1.82, 2.24) is 10.9 Å². The lowest BCUT2D eigenvalue weighted by atomic mass is 10.1. The zero-order valence-corrected chi connectivity index (χ0v) is 13.6. The van der Waals surface area contributed by atoms with Gasteiger partial charge in [-0.1, -0.05) is 35.9 Å². The molecule has 0 radical (unpaired) electrons. The van der Waals surface area contributed by atoms with Crippen molar-refractivity contribution in [2.24, 2.45) is 0 Å². The summed E-state index contributed by atoms with van der Waals surface area (Å²) in [4.78, 5) is 23.6. The van der Waals surface area contributed by atoms with Crippen LogP contribution in [0.5, 0.6) is 5.75 Å². The highest BCUT2D eigenvalue weighted by Gasteiger charge is 2.11. The number of ether oxygens (including phenoxy) is 1. The van der Waals surface area contributed by atoms with Crippen LogP contribution in [-0.4, -0.2) is 18.4 Å². The molecule has 0 bridgehead atoms. The number of hydrogen-bond donors (Lipinski definition) is 2. The summed E-state index contributed by atoms with van der Waals surface area (Å²) in [6, 6.07) is 12.3. The monoisotopic (exact) mass is 332 g/mol. The van der Waals surface area contributed by atoms with Crippen molar-refractivity contribution in [1.29, 1.82) is 0 Å². The molecule has 2 rings (SSSR count). The zero-order chi connectivity index (χ0) is 16.8. The predicted octanol–water partition coefficient (Wildman–Crippen LogP) is 2.80. The number of nitrogens with one attached hydrogen (secondary N) is 2. The molecule has 0 unspecified atom stereocenters. The highest BCUT2D eigenvalue weighted by Crippen LogP contribution is 2.18. The molecule has 2 aromatic rings. The van der Waals surface area contributed by atoms with E-state index in [1.807, 2.05) is 32.0 Å². The summed E-state index contributed by atoms with van der Waals surface area (Å²) in [5.74, 6) is -0.320. The first-order valence-electron chi connectivity index (χ1n) is 7.01. The summed E-state index contributed by atoms with van der Waals surface area (Å²) in [6.07, 6.45) is 0.